The van der Waals surface area contributed by atoms with Crippen LogP contribution < -0.4 is 19.5 Å². The summed E-state index contributed by atoms with van der Waals surface area (Å²) < 4.78 is 38.7. The molecule has 1 heterocycles. The predicted octanol–water partition coefficient (Wildman–Crippen LogP) is 7.10. The van der Waals surface area contributed by atoms with E-state index in [0.29, 0.717) is 28.0 Å². The van der Waals surface area contributed by atoms with Crippen LogP contribution in [0, 0.1) is 0 Å². The number of sulfonamides is 1. The fraction of sp³-hybridized carbons (Fsp3) is 0.0968. The number of nitrogens with one attached hydrogen (secondary N) is 2. The maximum atomic E-state index is 13.6. The molecule has 214 valence electrons. The van der Waals surface area contributed by atoms with Crippen molar-refractivity contribution >= 4 is 49.8 Å². The van der Waals surface area contributed by atoms with E-state index in [0.717, 1.165) is 16.0 Å². The highest BCUT2D eigenvalue weighted by Gasteiger charge is 2.24. The van der Waals surface area contributed by atoms with Crippen LogP contribution in [0.5, 0.6) is 11.5 Å². The number of hydrogen-bond donors (Lipinski definition) is 2. The molecule has 0 fully saturated rings. The van der Waals surface area contributed by atoms with Crippen LogP contribution in [0.1, 0.15) is 10.8 Å². The van der Waals surface area contributed by atoms with Crippen LogP contribution in [0.2, 0.25) is 0 Å². The number of amides is 1. The Hall–Kier alpha value is -4.32. The van der Waals surface area contributed by atoms with Crippen LogP contribution >= 0.6 is 23.1 Å². The molecule has 8 nitrogen and oxygen atoms in total. The van der Waals surface area contributed by atoms with Gasteiger partial charge in [-0.25, -0.2) is 13.4 Å². The monoisotopic (exact) mass is 617 g/mol. The molecule has 11 heteroatoms. The number of carbonyl (C=O) groups excluding carboxylic acids is 1. The van der Waals surface area contributed by atoms with Gasteiger partial charge in [-0.05, 0) is 60.2 Å². The Bertz CT molecular complexity index is 1760. The smallest absolute Gasteiger partial charge is 0.261 e. The van der Waals surface area contributed by atoms with Crippen molar-refractivity contribution in [1.82, 2.24) is 4.98 Å². The second kappa shape index (κ2) is 13.1. The molecule has 5 aromatic rings. The van der Waals surface area contributed by atoms with Gasteiger partial charge < -0.3 is 14.8 Å². The molecular weight excluding hydrogens is 591 g/mol. The second-order valence-electron chi connectivity index (χ2n) is 8.95. The molecule has 4 aromatic carbocycles. The van der Waals surface area contributed by atoms with Gasteiger partial charge in [0.25, 0.3) is 10.0 Å². The summed E-state index contributed by atoms with van der Waals surface area (Å²) in [6.45, 7) is 0. The van der Waals surface area contributed by atoms with Crippen molar-refractivity contribution in [2.45, 2.75) is 15.0 Å². The van der Waals surface area contributed by atoms with Crippen LogP contribution in [-0.4, -0.2) is 33.5 Å². The van der Waals surface area contributed by atoms with Gasteiger partial charge in [-0.15, -0.1) is 23.1 Å². The van der Waals surface area contributed by atoms with Gasteiger partial charge in [0.1, 0.15) is 5.25 Å². The van der Waals surface area contributed by atoms with Crippen LogP contribution in [0.3, 0.4) is 0 Å². The van der Waals surface area contributed by atoms with Crippen molar-refractivity contribution in [3.8, 4) is 22.8 Å². The van der Waals surface area contributed by atoms with Crippen LogP contribution in [0.25, 0.3) is 11.3 Å². The molecule has 0 aliphatic rings. The van der Waals surface area contributed by atoms with Crippen LogP contribution in [-0.2, 0) is 14.8 Å². The van der Waals surface area contributed by atoms with Gasteiger partial charge in [0.15, 0.2) is 16.6 Å². The second-order valence-corrected chi connectivity index (χ2v) is 12.7. The summed E-state index contributed by atoms with van der Waals surface area (Å²) in [5, 5.41) is 4.73. The summed E-state index contributed by atoms with van der Waals surface area (Å²) in [6, 6.07) is 30.1. The van der Waals surface area contributed by atoms with E-state index in [2.05, 4.69) is 15.0 Å². The molecule has 1 amide bonds. The topological polar surface area (TPSA) is 107 Å². The lowest BCUT2D eigenvalue weighted by Gasteiger charge is -2.16. The normalized spacial score (nSPS) is 11.9. The molecular formula is C31H27N3O5S3. The molecule has 0 saturated heterocycles. The number of rotatable bonds is 11. The van der Waals surface area contributed by atoms with Crippen molar-refractivity contribution in [2.75, 3.05) is 24.3 Å². The minimum Gasteiger partial charge on any atom is -0.493 e. The lowest BCUT2D eigenvalue weighted by atomic mass is 10.1. The Morgan fingerprint density at radius 1 is 0.857 bits per heavy atom. The van der Waals surface area contributed by atoms with E-state index in [9.17, 15) is 13.2 Å². The number of benzene rings is 4. The molecule has 1 atom stereocenters. The van der Waals surface area contributed by atoms with Gasteiger partial charge >= 0.3 is 0 Å². The minimum atomic E-state index is -3.71. The summed E-state index contributed by atoms with van der Waals surface area (Å²) in [4.78, 5) is 19.2. The Balaban J connectivity index is 1.32. The molecule has 2 N–H and O–H groups in total. The van der Waals surface area contributed by atoms with E-state index in [1.165, 1.54) is 35.2 Å². The number of carbonyl (C=O) groups is 1. The van der Waals surface area contributed by atoms with Crippen LogP contribution in [0.15, 0.2) is 118 Å². The highest BCUT2D eigenvalue weighted by molar-refractivity contribution is 8.00. The van der Waals surface area contributed by atoms with Crippen molar-refractivity contribution in [3.63, 3.8) is 0 Å². The summed E-state index contributed by atoms with van der Waals surface area (Å²) >= 11 is 2.69. The van der Waals surface area contributed by atoms with Gasteiger partial charge in [0, 0.05) is 21.5 Å². The van der Waals surface area contributed by atoms with E-state index in [4.69, 9.17) is 9.47 Å². The van der Waals surface area contributed by atoms with Crippen LogP contribution in [0.4, 0.5) is 10.8 Å². The molecule has 0 bridgehead atoms. The minimum absolute atomic E-state index is 0.181. The molecule has 0 radical (unpaired) electrons. The van der Waals surface area contributed by atoms with Gasteiger partial charge in [0.05, 0.1) is 24.8 Å². The zero-order chi connectivity index (χ0) is 29.5. The highest BCUT2D eigenvalue weighted by Crippen LogP contribution is 2.38. The fourth-order valence-electron chi connectivity index (χ4n) is 4.08. The first-order valence-corrected chi connectivity index (χ1v) is 16.0. The van der Waals surface area contributed by atoms with Crippen molar-refractivity contribution in [2.24, 2.45) is 0 Å². The van der Waals surface area contributed by atoms with Gasteiger partial charge in [-0.2, -0.15) is 0 Å². The third-order valence-electron chi connectivity index (χ3n) is 6.17. The number of ether oxygens (including phenoxy) is 2. The Labute approximate surface area is 252 Å². The SMILES string of the molecule is COc1ccc(-c2csc(NC(=O)C(Sc3ccc(NS(=O)(=O)c4ccccc4)cc3)c3ccccc3)n2)cc1OC. The van der Waals surface area contributed by atoms with E-state index >= 15 is 0 Å². The fourth-order valence-corrected chi connectivity index (χ4v) is 6.91. The van der Waals surface area contributed by atoms with E-state index in [1.807, 2.05) is 53.9 Å². The maximum absolute atomic E-state index is 13.6. The number of methoxy groups -OCH3 is 2. The van der Waals surface area contributed by atoms with Gasteiger partial charge in [-0.1, -0.05) is 48.5 Å². The zero-order valence-electron chi connectivity index (χ0n) is 22.7. The summed E-state index contributed by atoms with van der Waals surface area (Å²) in [5.74, 6) is 0.982. The Morgan fingerprint density at radius 3 is 2.19 bits per heavy atom. The first-order chi connectivity index (χ1) is 20.4. The van der Waals surface area contributed by atoms with Crippen molar-refractivity contribution < 1.29 is 22.7 Å². The quantitative estimate of drug-likeness (QED) is 0.152. The average Bonchev–Trinajstić information content (AvgIpc) is 3.49. The molecule has 1 aromatic heterocycles. The number of thiazole rings is 1. The van der Waals surface area contributed by atoms with Gasteiger partial charge in [0.2, 0.25) is 5.91 Å². The maximum Gasteiger partial charge on any atom is 0.261 e. The number of nitrogens with zero attached hydrogens (tertiary/aromatic N) is 1. The molecule has 1 unspecified atom stereocenters. The first kappa shape index (κ1) is 29.2. The summed E-state index contributed by atoms with van der Waals surface area (Å²) in [7, 11) is -0.550. The third-order valence-corrected chi connectivity index (χ3v) is 9.59. The number of thioether (sulfide) groups is 1. The average molecular weight is 618 g/mol. The number of hydrogen-bond acceptors (Lipinski definition) is 8. The van der Waals surface area contributed by atoms with E-state index < -0.39 is 15.3 Å². The molecule has 0 aliphatic carbocycles. The molecule has 0 spiro atoms. The summed E-state index contributed by atoms with van der Waals surface area (Å²) in [5.41, 5.74) is 2.79. The lowest BCUT2D eigenvalue weighted by Crippen LogP contribution is -2.19. The zero-order valence-corrected chi connectivity index (χ0v) is 25.1. The number of aromatic nitrogens is 1. The highest BCUT2D eigenvalue weighted by atomic mass is 32.2. The molecule has 42 heavy (non-hydrogen) atoms. The van der Waals surface area contributed by atoms with E-state index in [1.54, 1.807) is 56.7 Å². The molecule has 0 aliphatic heterocycles. The van der Waals surface area contributed by atoms with Crippen molar-refractivity contribution in [3.05, 3.63) is 114 Å². The van der Waals surface area contributed by atoms with Crippen molar-refractivity contribution in [1.29, 1.82) is 0 Å². The largest absolute Gasteiger partial charge is 0.493 e. The van der Waals surface area contributed by atoms with E-state index in [-0.39, 0.29) is 10.8 Å². The van der Waals surface area contributed by atoms with Gasteiger partial charge in [-0.3, -0.25) is 9.52 Å². The molecule has 0 saturated carbocycles. The predicted molar refractivity (Wildman–Crippen MR) is 168 cm³/mol. The lowest BCUT2D eigenvalue weighted by molar-refractivity contribution is -0.115. The first-order valence-electron chi connectivity index (χ1n) is 12.7. The third kappa shape index (κ3) is 6.93. The summed E-state index contributed by atoms with van der Waals surface area (Å²) in [6.07, 6.45) is 0. The Morgan fingerprint density at radius 2 is 1.52 bits per heavy atom. The molecule has 5 rings (SSSR count). The standard InChI is InChI=1S/C31H27N3O5S3/c1-38-27-18-13-22(19-28(27)39-2)26-20-40-31(32-26)33-30(35)29(21-9-5-3-6-10-21)41-24-16-14-23(15-17-24)34-42(36,37)25-11-7-4-8-12-25/h3-20,29,34H,1-2H3,(H,32,33,35). The number of anilines is 2. The Kier molecular flexibility index (Phi) is 9.11.